The first-order chi connectivity index (χ1) is 11.6. The van der Waals surface area contributed by atoms with Gasteiger partial charge in [-0.3, -0.25) is 4.79 Å². The molecule has 126 valence electrons. The second-order valence-electron chi connectivity index (χ2n) is 6.41. The summed E-state index contributed by atoms with van der Waals surface area (Å²) in [6, 6.07) is 16.5. The highest BCUT2D eigenvalue weighted by molar-refractivity contribution is 5.79. The van der Waals surface area contributed by atoms with Gasteiger partial charge in [0.15, 0.2) is 0 Å². The first-order valence-corrected chi connectivity index (χ1v) is 8.45. The maximum absolute atomic E-state index is 11.1. The van der Waals surface area contributed by atoms with Gasteiger partial charge in [-0.15, -0.1) is 0 Å². The van der Waals surface area contributed by atoms with Crippen molar-refractivity contribution < 1.29 is 9.53 Å². The molecule has 0 bridgehead atoms. The minimum atomic E-state index is -0.333. The van der Waals surface area contributed by atoms with E-state index >= 15 is 0 Å². The van der Waals surface area contributed by atoms with Crippen molar-refractivity contribution in [2.75, 3.05) is 6.61 Å². The summed E-state index contributed by atoms with van der Waals surface area (Å²) in [7, 11) is 0. The van der Waals surface area contributed by atoms with Crippen LogP contribution in [0.15, 0.2) is 48.5 Å². The molecule has 2 aromatic rings. The molecule has 0 fully saturated rings. The fraction of sp³-hybridized carbons (Fsp3) is 0.350. The van der Waals surface area contributed by atoms with Gasteiger partial charge in [-0.25, -0.2) is 0 Å². The van der Waals surface area contributed by atoms with Crippen molar-refractivity contribution in [1.82, 2.24) is 5.32 Å². The quantitative estimate of drug-likeness (QED) is 0.823. The third-order valence-corrected chi connectivity index (χ3v) is 4.62. The zero-order valence-corrected chi connectivity index (χ0v) is 14.0. The Morgan fingerprint density at radius 3 is 2.79 bits per heavy atom. The fourth-order valence-electron chi connectivity index (χ4n) is 3.03. The van der Waals surface area contributed by atoms with Gasteiger partial charge in [0.05, 0.1) is 12.6 Å². The number of carbonyl (C=O) groups excluding carboxylic acids is 1. The van der Waals surface area contributed by atoms with Gasteiger partial charge < -0.3 is 15.8 Å². The van der Waals surface area contributed by atoms with Gasteiger partial charge in [0, 0.05) is 18.0 Å². The molecule has 3 rings (SSSR count). The predicted molar refractivity (Wildman–Crippen MR) is 94.9 cm³/mol. The number of rotatable bonds is 7. The van der Waals surface area contributed by atoms with Crippen LogP contribution in [0.1, 0.15) is 36.0 Å². The Bertz CT molecular complexity index is 700. The highest BCUT2D eigenvalue weighted by atomic mass is 16.5. The molecule has 4 nitrogen and oxygen atoms in total. The normalized spacial score (nSPS) is 17.1. The Balaban J connectivity index is 1.63. The molecule has 4 heteroatoms. The van der Waals surface area contributed by atoms with Crippen LogP contribution in [0, 0.1) is 0 Å². The van der Waals surface area contributed by atoms with Crippen LogP contribution in [-0.4, -0.2) is 18.6 Å². The number of hydrogen-bond acceptors (Lipinski definition) is 3. The molecule has 2 aromatic carbocycles. The summed E-state index contributed by atoms with van der Waals surface area (Å²) in [5, 5.41) is 3.15. The summed E-state index contributed by atoms with van der Waals surface area (Å²) < 4.78 is 5.82. The number of amides is 1. The predicted octanol–water partition coefficient (Wildman–Crippen LogP) is 2.76. The van der Waals surface area contributed by atoms with Crippen LogP contribution in [-0.2, 0) is 17.8 Å². The van der Waals surface area contributed by atoms with E-state index in [-0.39, 0.29) is 11.9 Å². The largest absolute Gasteiger partial charge is 0.493 e. The van der Waals surface area contributed by atoms with Crippen LogP contribution in [0.25, 0.3) is 0 Å². The first-order valence-electron chi connectivity index (χ1n) is 8.45. The fourth-order valence-corrected chi connectivity index (χ4v) is 3.03. The molecule has 1 aliphatic heterocycles. The molecular weight excluding hydrogens is 300 g/mol. The van der Waals surface area contributed by atoms with Gasteiger partial charge in [0.25, 0.3) is 0 Å². The van der Waals surface area contributed by atoms with Crippen LogP contribution in [0.5, 0.6) is 5.75 Å². The van der Waals surface area contributed by atoms with Crippen molar-refractivity contribution in [3.8, 4) is 5.75 Å². The Kier molecular flexibility index (Phi) is 5.16. The topological polar surface area (TPSA) is 64.3 Å². The summed E-state index contributed by atoms with van der Waals surface area (Å²) in [4.78, 5) is 11.1. The van der Waals surface area contributed by atoms with E-state index < -0.39 is 0 Å². The van der Waals surface area contributed by atoms with Gasteiger partial charge in [0.1, 0.15) is 5.75 Å². The summed E-state index contributed by atoms with van der Waals surface area (Å²) in [6.07, 6.45) is 2.13. The van der Waals surface area contributed by atoms with Gasteiger partial charge >= 0.3 is 0 Å². The van der Waals surface area contributed by atoms with E-state index in [2.05, 4.69) is 35.6 Å². The van der Waals surface area contributed by atoms with E-state index in [0.29, 0.717) is 12.5 Å². The molecule has 3 N–H and O–H groups in total. The summed E-state index contributed by atoms with van der Waals surface area (Å²) in [5.41, 5.74) is 9.07. The number of aryl methyl sites for hydroxylation is 1. The van der Waals surface area contributed by atoms with Gasteiger partial charge in [-0.05, 0) is 37.0 Å². The van der Waals surface area contributed by atoms with Crippen molar-refractivity contribution >= 4 is 5.91 Å². The van der Waals surface area contributed by atoms with Crippen LogP contribution in [0.4, 0.5) is 0 Å². The van der Waals surface area contributed by atoms with E-state index in [1.54, 1.807) is 6.92 Å². The van der Waals surface area contributed by atoms with Crippen LogP contribution < -0.4 is 15.8 Å². The standard InChI is InChI=1S/C20H24N2O2/c1-14(20(21)23)22-12-16-8-10-19-18(11-16)17(13-24-19)9-7-15-5-3-2-4-6-15/h2-6,8,10-11,14,17,22H,7,9,12-13H2,1H3,(H2,21,23). The van der Waals surface area contributed by atoms with Gasteiger partial charge in [-0.2, -0.15) is 0 Å². The number of ether oxygens (including phenoxy) is 1. The van der Waals surface area contributed by atoms with Crippen molar-refractivity contribution in [3.05, 3.63) is 65.2 Å². The van der Waals surface area contributed by atoms with E-state index in [4.69, 9.17) is 10.5 Å². The van der Waals surface area contributed by atoms with Gasteiger partial charge in [0.2, 0.25) is 5.91 Å². The molecule has 1 amide bonds. The summed E-state index contributed by atoms with van der Waals surface area (Å²) in [6.45, 7) is 3.15. The first kappa shape index (κ1) is 16.5. The van der Waals surface area contributed by atoms with Gasteiger partial charge in [-0.1, -0.05) is 42.5 Å². The lowest BCUT2D eigenvalue weighted by Gasteiger charge is -2.12. The molecule has 2 atom stereocenters. The third-order valence-electron chi connectivity index (χ3n) is 4.62. The minimum Gasteiger partial charge on any atom is -0.493 e. The maximum atomic E-state index is 11.1. The van der Waals surface area contributed by atoms with Crippen LogP contribution >= 0.6 is 0 Å². The van der Waals surface area contributed by atoms with E-state index in [9.17, 15) is 4.79 Å². The molecule has 0 saturated carbocycles. The minimum absolute atomic E-state index is 0.330. The number of carbonyl (C=O) groups is 1. The molecular formula is C20H24N2O2. The molecule has 2 unspecified atom stereocenters. The van der Waals surface area contributed by atoms with Crippen molar-refractivity contribution in [3.63, 3.8) is 0 Å². The Hall–Kier alpha value is -2.33. The van der Waals surface area contributed by atoms with E-state index in [1.165, 1.54) is 11.1 Å². The third kappa shape index (κ3) is 3.95. The number of nitrogens with one attached hydrogen (secondary N) is 1. The number of primary amides is 1. The molecule has 0 aliphatic carbocycles. The molecule has 0 saturated heterocycles. The van der Waals surface area contributed by atoms with E-state index in [1.807, 2.05) is 18.2 Å². The number of fused-ring (bicyclic) bond motifs is 1. The number of nitrogens with two attached hydrogens (primary N) is 1. The zero-order valence-electron chi connectivity index (χ0n) is 14.0. The summed E-state index contributed by atoms with van der Waals surface area (Å²) in [5.74, 6) is 1.08. The second-order valence-corrected chi connectivity index (χ2v) is 6.41. The lowest BCUT2D eigenvalue weighted by molar-refractivity contribution is -0.119. The molecule has 1 heterocycles. The van der Waals surface area contributed by atoms with Crippen LogP contribution in [0.2, 0.25) is 0 Å². The van der Waals surface area contributed by atoms with Crippen molar-refractivity contribution in [1.29, 1.82) is 0 Å². The van der Waals surface area contributed by atoms with E-state index in [0.717, 1.165) is 30.8 Å². The smallest absolute Gasteiger partial charge is 0.234 e. The Morgan fingerprint density at radius 2 is 2.04 bits per heavy atom. The summed E-state index contributed by atoms with van der Waals surface area (Å²) >= 11 is 0. The molecule has 24 heavy (non-hydrogen) atoms. The van der Waals surface area contributed by atoms with Crippen LogP contribution in [0.3, 0.4) is 0 Å². The average molecular weight is 324 g/mol. The SMILES string of the molecule is CC(NCc1ccc2c(c1)C(CCc1ccccc1)CO2)C(N)=O. The lowest BCUT2D eigenvalue weighted by Crippen LogP contribution is -2.38. The molecule has 0 aromatic heterocycles. The molecule has 0 spiro atoms. The van der Waals surface area contributed by atoms with Crippen molar-refractivity contribution in [2.24, 2.45) is 5.73 Å². The Morgan fingerprint density at radius 1 is 1.25 bits per heavy atom. The monoisotopic (exact) mass is 324 g/mol. The lowest BCUT2D eigenvalue weighted by atomic mass is 9.93. The molecule has 0 radical (unpaired) electrons. The zero-order chi connectivity index (χ0) is 16.9. The highest BCUT2D eigenvalue weighted by Crippen LogP contribution is 2.37. The number of benzene rings is 2. The van der Waals surface area contributed by atoms with Crippen molar-refractivity contribution in [2.45, 2.75) is 38.3 Å². The average Bonchev–Trinajstić information content (AvgIpc) is 3.01. The Labute approximate surface area is 143 Å². The second kappa shape index (κ2) is 7.49. The number of hydrogen-bond donors (Lipinski definition) is 2. The molecule has 1 aliphatic rings. The maximum Gasteiger partial charge on any atom is 0.234 e. The highest BCUT2D eigenvalue weighted by Gasteiger charge is 2.24.